The molecule has 4 rings (SSSR count). The molecule has 32 heavy (non-hydrogen) atoms. The van der Waals surface area contributed by atoms with Crippen LogP contribution in [0.4, 0.5) is 23.2 Å². The van der Waals surface area contributed by atoms with E-state index in [1.54, 1.807) is 0 Å². The maximum atomic E-state index is 14.6. The van der Waals surface area contributed by atoms with Crippen molar-refractivity contribution in [2.24, 2.45) is 0 Å². The number of nitrogens with one attached hydrogen (secondary N) is 1. The molecule has 1 amide bonds. The number of aromatic nitrogens is 5. The van der Waals surface area contributed by atoms with Crippen molar-refractivity contribution >= 4 is 11.6 Å². The third-order valence-electron chi connectivity index (χ3n) is 5.41. The van der Waals surface area contributed by atoms with Crippen molar-refractivity contribution in [1.82, 2.24) is 24.3 Å². The van der Waals surface area contributed by atoms with Gasteiger partial charge in [0, 0.05) is 18.0 Å². The van der Waals surface area contributed by atoms with E-state index in [1.807, 2.05) is 0 Å². The molecule has 0 bridgehead atoms. The fourth-order valence-electron chi connectivity index (χ4n) is 3.73. The highest BCUT2D eigenvalue weighted by Gasteiger charge is 2.36. The standard InChI is InChI=1S/C20H20F4N6O2/c1-12-6-15(20(22,23)24)28-30(12)10-17(31)27-13-7-14(21)18(25-8-13)29-9-16(26-11-29)19(32)4-2-3-5-19/h6-9,11,32H,2-5,10H2,1H3,(H,27,31). The Morgan fingerprint density at radius 2 is 1.97 bits per heavy atom. The summed E-state index contributed by atoms with van der Waals surface area (Å²) in [6.07, 6.45) is 2.44. The minimum absolute atomic E-state index is 0.0341. The van der Waals surface area contributed by atoms with Crippen molar-refractivity contribution < 1.29 is 27.5 Å². The Kier molecular flexibility index (Phi) is 5.49. The number of aryl methyl sites for hydroxylation is 1. The van der Waals surface area contributed by atoms with Gasteiger partial charge in [-0.15, -0.1) is 0 Å². The molecule has 0 spiro atoms. The lowest BCUT2D eigenvalue weighted by molar-refractivity contribution is -0.141. The Morgan fingerprint density at radius 1 is 1.25 bits per heavy atom. The smallest absolute Gasteiger partial charge is 0.383 e. The van der Waals surface area contributed by atoms with E-state index in [0.29, 0.717) is 18.5 Å². The first-order valence-corrected chi connectivity index (χ1v) is 9.89. The van der Waals surface area contributed by atoms with Crippen molar-refractivity contribution in [3.8, 4) is 5.82 Å². The summed E-state index contributed by atoms with van der Waals surface area (Å²) in [6.45, 7) is 0.918. The second kappa shape index (κ2) is 8.01. The number of aliphatic hydroxyl groups is 1. The van der Waals surface area contributed by atoms with Gasteiger partial charge < -0.3 is 10.4 Å². The van der Waals surface area contributed by atoms with E-state index in [2.05, 4.69) is 20.4 Å². The molecule has 0 radical (unpaired) electrons. The highest BCUT2D eigenvalue weighted by Crippen LogP contribution is 2.37. The fourth-order valence-corrected chi connectivity index (χ4v) is 3.73. The van der Waals surface area contributed by atoms with Gasteiger partial charge in [-0.05, 0) is 25.8 Å². The Bertz CT molecular complexity index is 1150. The van der Waals surface area contributed by atoms with Crippen molar-refractivity contribution in [1.29, 1.82) is 0 Å². The van der Waals surface area contributed by atoms with Crippen LogP contribution in [0, 0.1) is 12.7 Å². The van der Waals surface area contributed by atoms with Crippen LogP contribution in [0.2, 0.25) is 0 Å². The van der Waals surface area contributed by atoms with Crippen LogP contribution in [-0.4, -0.2) is 35.3 Å². The van der Waals surface area contributed by atoms with Crippen LogP contribution >= 0.6 is 0 Å². The molecule has 12 heteroatoms. The molecule has 0 saturated heterocycles. The summed E-state index contributed by atoms with van der Waals surface area (Å²) in [7, 11) is 0. The molecule has 3 aromatic rings. The predicted octanol–water partition coefficient (Wildman–Crippen LogP) is 3.33. The molecular formula is C20H20F4N6O2. The van der Waals surface area contributed by atoms with Gasteiger partial charge in [0.25, 0.3) is 0 Å². The third-order valence-corrected chi connectivity index (χ3v) is 5.41. The van der Waals surface area contributed by atoms with Crippen LogP contribution in [0.3, 0.4) is 0 Å². The summed E-state index contributed by atoms with van der Waals surface area (Å²) in [5, 5.41) is 16.4. The number of pyridine rings is 1. The summed E-state index contributed by atoms with van der Waals surface area (Å²) in [4.78, 5) is 20.4. The van der Waals surface area contributed by atoms with E-state index < -0.39 is 35.7 Å². The Labute approximate surface area is 179 Å². The number of carbonyl (C=O) groups is 1. The number of alkyl halides is 3. The normalized spacial score (nSPS) is 15.8. The lowest BCUT2D eigenvalue weighted by Gasteiger charge is -2.18. The maximum Gasteiger partial charge on any atom is 0.435 e. The van der Waals surface area contributed by atoms with E-state index in [-0.39, 0.29) is 17.2 Å². The second-order valence-corrected chi connectivity index (χ2v) is 7.81. The van der Waals surface area contributed by atoms with Gasteiger partial charge in [-0.1, -0.05) is 12.8 Å². The Hall–Kier alpha value is -3.28. The zero-order valence-corrected chi connectivity index (χ0v) is 17.0. The molecule has 0 aromatic carbocycles. The topological polar surface area (TPSA) is 97.9 Å². The fraction of sp³-hybridized carbons (Fsp3) is 0.400. The van der Waals surface area contributed by atoms with Gasteiger partial charge in [-0.25, -0.2) is 14.4 Å². The number of imidazole rings is 1. The minimum atomic E-state index is -4.62. The van der Waals surface area contributed by atoms with Crippen LogP contribution in [0.1, 0.15) is 42.8 Å². The van der Waals surface area contributed by atoms with Crippen molar-refractivity contribution in [3.63, 3.8) is 0 Å². The number of hydrogen-bond acceptors (Lipinski definition) is 5. The summed E-state index contributed by atoms with van der Waals surface area (Å²) in [5.41, 5.74) is -1.48. The molecule has 8 nitrogen and oxygen atoms in total. The molecular weight excluding hydrogens is 432 g/mol. The average molecular weight is 452 g/mol. The van der Waals surface area contributed by atoms with Crippen molar-refractivity contribution in [2.75, 3.05) is 5.32 Å². The molecule has 2 N–H and O–H groups in total. The molecule has 3 heterocycles. The monoisotopic (exact) mass is 452 g/mol. The van der Waals surface area contributed by atoms with E-state index in [4.69, 9.17) is 0 Å². The van der Waals surface area contributed by atoms with Crippen LogP contribution in [0.5, 0.6) is 0 Å². The summed E-state index contributed by atoms with van der Waals surface area (Å²) < 4.78 is 55.1. The lowest BCUT2D eigenvalue weighted by atomic mass is 9.99. The SMILES string of the molecule is Cc1cc(C(F)(F)F)nn1CC(=O)Nc1cnc(-n2cnc(C3(O)CCCC3)c2)c(F)c1. The zero-order valence-electron chi connectivity index (χ0n) is 17.0. The van der Waals surface area contributed by atoms with Crippen LogP contribution in [0.15, 0.2) is 30.9 Å². The molecule has 1 aliphatic carbocycles. The molecule has 0 unspecified atom stereocenters. The first-order chi connectivity index (χ1) is 15.0. The highest BCUT2D eigenvalue weighted by molar-refractivity contribution is 5.90. The van der Waals surface area contributed by atoms with Gasteiger partial charge in [-0.3, -0.25) is 14.0 Å². The number of hydrogen-bond donors (Lipinski definition) is 2. The van der Waals surface area contributed by atoms with Gasteiger partial charge in [0.1, 0.15) is 18.5 Å². The van der Waals surface area contributed by atoms with Crippen molar-refractivity contribution in [2.45, 2.75) is 50.9 Å². The largest absolute Gasteiger partial charge is 0.435 e. The first-order valence-electron chi connectivity index (χ1n) is 9.89. The molecule has 1 fully saturated rings. The zero-order chi connectivity index (χ0) is 23.1. The quantitative estimate of drug-likeness (QED) is 0.579. The molecule has 0 atom stereocenters. The van der Waals surface area contributed by atoms with E-state index in [0.717, 1.165) is 29.7 Å². The molecule has 170 valence electrons. The number of nitrogens with zero attached hydrogens (tertiary/aromatic N) is 5. The summed E-state index contributed by atoms with van der Waals surface area (Å²) >= 11 is 0. The van der Waals surface area contributed by atoms with Crippen molar-refractivity contribution in [3.05, 3.63) is 53.8 Å². The number of anilines is 1. The Balaban J connectivity index is 1.45. The summed E-state index contributed by atoms with van der Waals surface area (Å²) in [6, 6.07) is 1.88. The lowest BCUT2D eigenvalue weighted by Crippen LogP contribution is -2.21. The van der Waals surface area contributed by atoms with E-state index in [1.165, 1.54) is 30.2 Å². The number of rotatable bonds is 5. The number of carbonyl (C=O) groups excluding carboxylic acids is 1. The minimum Gasteiger partial charge on any atom is -0.383 e. The van der Waals surface area contributed by atoms with Crippen LogP contribution in [-0.2, 0) is 23.1 Å². The maximum absolute atomic E-state index is 14.6. The third kappa shape index (κ3) is 4.35. The van der Waals surface area contributed by atoms with Gasteiger partial charge >= 0.3 is 6.18 Å². The molecule has 0 aliphatic heterocycles. The van der Waals surface area contributed by atoms with Gasteiger partial charge in [0.2, 0.25) is 5.91 Å². The number of amides is 1. The number of halogens is 4. The van der Waals surface area contributed by atoms with Gasteiger partial charge in [-0.2, -0.15) is 18.3 Å². The van der Waals surface area contributed by atoms with Gasteiger partial charge in [0.15, 0.2) is 17.3 Å². The molecule has 1 saturated carbocycles. The average Bonchev–Trinajstić information content (AvgIpc) is 3.43. The molecule has 3 aromatic heterocycles. The molecule has 1 aliphatic rings. The highest BCUT2D eigenvalue weighted by atomic mass is 19.4. The summed E-state index contributed by atoms with van der Waals surface area (Å²) in [5.74, 6) is -1.51. The van der Waals surface area contributed by atoms with E-state index in [9.17, 15) is 27.5 Å². The van der Waals surface area contributed by atoms with Crippen LogP contribution in [0.25, 0.3) is 5.82 Å². The van der Waals surface area contributed by atoms with Gasteiger partial charge in [0.05, 0.1) is 17.6 Å². The predicted molar refractivity (Wildman–Crippen MR) is 104 cm³/mol. The van der Waals surface area contributed by atoms with E-state index >= 15 is 0 Å². The first kappa shape index (κ1) is 21.9. The Morgan fingerprint density at radius 3 is 2.59 bits per heavy atom. The van der Waals surface area contributed by atoms with Crippen LogP contribution < -0.4 is 5.32 Å². The second-order valence-electron chi connectivity index (χ2n) is 7.81.